The van der Waals surface area contributed by atoms with E-state index >= 15 is 0 Å². The summed E-state index contributed by atoms with van der Waals surface area (Å²) in [5, 5.41) is 11.1. The maximum atomic E-state index is 12.1. The van der Waals surface area contributed by atoms with Gasteiger partial charge in [-0.2, -0.15) is 5.10 Å². The van der Waals surface area contributed by atoms with Crippen LogP contribution in [0, 0.1) is 5.92 Å². The summed E-state index contributed by atoms with van der Waals surface area (Å²) in [6.45, 7) is 6.58. The molecule has 0 spiro atoms. The molecule has 2 heterocycles. The van der Waals surface area contributed by atoms with Gasteiger partial charge in [0, 0.05) is 19.1 Å². The number of nitrogens with one attached hydrogen (secondary N) is 2. The molecule has 1 unspecified atom stereocenters. The molecule has 1 atom stereocenters. The van der Waals surface area contributed by atoms with Crippen LogP contribution in [0.4, 0.5) is 5.69 Å². The first-order valence-electron chi connectivity index (χ1n) is 7.31. The Kier molecular flexibility index (Phi) is 5.43. The number of rotatable bonds is 6. The molecule has 1 aliphatic heterocycles. The van der Waals surface area contributed by atoms with Crippen molar-refractivity contribution in [1.82, 2.24) is 15.1 Å². The molecular formula is C14H23ClN4O. The number of hydrogen-bond donors (Lipinski definition) is 2. The zero-order valence-corrected chi connectivity index (χ0v) is 12.9. The second-order valence-electron chi connectivity index (χ2n) is 5.76. The maximum absolute atomic E-state index is 12.1. The topological polar surface area (TPSA) is 59.0 Å². The molecule has 0 bridgehead atoms. The summed E-state index contributed by atoms with van der Waals surface area (Å²) in [6, 6.07) is 0.579. The van der Waals surface area contributed by atoms with E-state index in [9.17, 15) is 4.79 Å². The van der Waals surface area contributed by atoms with Gasteiger partial charge in [0.2, 0.25) is 0 Å². The van der Waals surface area contributed by atoms with Crippen LogP contribution in [0.1, 0.15) is 33.1 Å². The summed E-state index contributed by atoms with van der Waals surface area (Å²) >= 11 is 6.13. The number of anilines is 1. The molecule has 20 heavy (non-hydrogen) atoms. The van der Waals surface area contributed by atoms with Crippen molar-refractivity contribution in [2.24, 2.45) is 5.92 Å². The lowest BCUT2D eigenvalue weighted by Crippen LogP contribution is -2.27. The lowest BCUT2D eigenvalue weighted by molar-refractivity contribution is 0.464. The molecule has 0 saturated carbocycles. The van der Waals surface area contributed by atoms with Crippen LogP contribution in [0.3, 0.4) is 0 Å². The molecular weight excluding hydrogens is 276 g/mol. The lowest BCUT2D eigenvalue weighted by atomic mass is 10.1. The average molecular weight is 299 g/mol. The van der Waals surface area contributed by atoms with E-state index in [-0.39, 0.29) is 10.6 Å². The van der Waals surface area contributed by atoms with E-state index in [0.717, 1.165) is 19.5 Å². The Labute approximate surface area is 124 Å². The highest BCUT2D eigenvalue weighted by Crippen LogP contribution is 2.16. The van der Waals surface area contributed by atoms with E-state index in [0.29, 0.717) is 24.2 Å². The molecule has 1 fully saturated rings. The molecule has 0 aromatic carbocycles. The van der Waals surface area contributed by atoms with Crippen molar-refractivity contribution in [3.05, 3.63) is 21.6 Å². The van der Waals surface area contributed by atoms with Crippen LogP contribution >= 0.6 is 11.6 Å². The molecule has 2 rings (SSSR count). The molecule has 1 aliphatic rings. The van der Waals surface area contributed by atoms with Gasteiger partial charge in [0.05, 0.1) is 11.9 Å². The standard InChI is InChI=1S/C14H23ClN4O/c1-10(2)9-19-14(20)13(15)12(8-18-19)17-7-5-11-4-3-6-16-11/h8,10-11,16-17H,3-7,9H2,1-2H3. The van der Waals surface area contributed by atoms with Crippen LogP contribution < -0.4 is 16.2 Å². The Hall–Kier alpha value is -1.07. The second kappa shape index (κ2) is 7.09. The van der Waals surface area contributed by atoms with Crippen molar-refractivity contribution in [3.8, 4) is 0 Å². The monoisotopic (exact) mass is 298 g/mol. The summed E-state index contributed by atoms with van der Waals surface area (Å²) in [4.78, 5) is 12.1. The fourth-order valence-electron chi connectivity index (χ4n) is 2.45. The van der Waals surface area contributed by atoms with Gasteiger partial charge >= 0.3 is 0 Å². The third-order valence-corrected chi connectivity index (χ3v) is 3.86. The number of nitrogens with zero attached hydrogens (tertiary/aromatic N) is 2. The summed E-state index contributed by atoms with van der Waals surface area (Å²) in [5.74, 6) is 0.364. The quantitative estimate of drug-likeness (QED) is 0.844. The molecule has 5 nitrogen and oxygen atoms in total. The minimum atomic E-state index is -0.218. The van der Waals surface area contributed by atoms with Gasteiger partial charge in [-0.15, -0.1) is 0 Å². The van der Waals surface area contributed by atoms with Crippen molar-refractivity contribution < 1.29 is 0 Å². The van der Waals surface area contributed by atoms with Crippen LogP contribution in [0.5, 0.6) is 0 Å². The first-order valence-corrected chi connectivity index (χ1v) is 7.68. The molecule has 1 aromatic heterocycles. The van der Waals surface area contributed by atoms with Crippen molar-refractivity contribution >= 4 is 17.3 Å². The van der Waals surface area contributed by atoms with Gasteiger partial charge in [0.25, 0.3) is 5.56 Å². The van der Waals surface area contributed by atoms with Gasteiger partial charge < -0.3 is 10.6 Å². The average Bonchev–Trinajstić information content (AvgIpc) is 2.90. The Morgan fingerprint density at radius 3 is 3.05 bits per heavy atom. The van der Waals surface area contributed by atoms with E-state index in [2.05, 4.69) is 15.7 Å². The van der Waals surface area contributed by atoms with E-state index in [1.165, 1.54) is 17.5 Å². The largest absolute Gasteiger partial charge is 0.382 e. The van der Waals surface area contributed by atoms with Gasteiger partial charge in [-0.25, -0.2) is 4.68 Å². The second-order valence-corrected chi connectivity index (χ2v) is 6.14. The van der Waals surface area contributed by atoms with Crippen LogP contribution in [0.15, 0.2) is 11.0 Å². The van der Waals surface area contributed by atoms with E-state index < -0.39 is 0 Å². The number of aromatic nitrogens is 2. The highest BCUT2D eigenvalue weighted by atomic mass is 35.5. The predicted octanol–water partition coefficient (Wildman–Crippen LogP) is 2.11. The summed E-state index contributed by atoms with van der Waals surface area (Å²) in [7, 11) is 0. The smallest absolute Gasteiger partial charge is 0.287 e. The first-order chi connectivity index (χ1) is 9.58. The van der Waals surface area contributed by atoms with E-state index in [4.69, 9.17) is 11.6 Å². The Morgan fingerprint density at radius 1 is 1.60 bits per heavy atom. The number of halogens is 1. The van der Waals surface area contributed by atoms with Crippen molar-refractivity contribution in [1.29, 1.82) is 0 Å². The van der Waals surface area contributed by atoms with Crippen LogP contribution in [0.2, 0.25) is 5.02 Å². The zero-order chi connectivity index (χ0) is 14.5. The van der Waals surface area contributed by atoms with Crippen molar-refractivity contribution in [3.63, 3.8) is 0 Å². The minimum Gasteiger partial charge on any atom is -0.382 e. The van der Waals surface area contributed by atoms with E-state index in [1.54, 1.807) is 6.20 Å². The molecule has 1 saturated heterocycles. The highest BCUT2D eigenvalue weighted by Gasteiger charge is 2.14. The van der Waals surface area contributed by atoms with Gasteiger partial charge in [0.1, 0.15) is 5.02 Å². The fourth-order valence-corrected chi connectivity index (χ4v) is 2.66. The summed E-state index contributed by atoms with van der Waals surface area (Å²) < 4.78 is 1.43. The van der Waals surface area contributed by atoms with Crippen molar-refractivity contribution in [2.75, 3.05) is 18.4 Å². The third kappa shape index (κ3) is 3.96. The Morgan fingerprint density at radius 2 is 2.40 bits per heavy atom. The summed E-state index contributed by atoms with van der Waals surface area (Å²) in [6.07, 6.45) is 5.15. The SMILES string of the molecule is CC(C)Cn1ncc(NCCC2CCCN2)c(Cl)c1=O. The summed E-state index contributed by atoms with van der Waals surface area (Å²) in [5.41, 5.74) is 0.416. The molecule has 0 radical (unpaired) electrons. The lowest BCUT2D eigenvalue weighted by Gasteiger charge is -2.13. The van der Waals surface area contributed by atoms with Crippen LogP contribution in [0.25, 0.3) is 0 Å². The third-order valence-electron chi connectivity index (χ3n) is 3.49. The van der Waals surface area contributed by atoms with Crippen molar-refractivity contribution in [2.45, 2.75) is 45.7 Å². The van der Waals surface area contributed by atoms with Crippen LogP contribution in [-0.4, -0.2) is 28.9 Å². The molecule has 112 valence electrons. The van der Waals surface area contributed by atoms with Crippen LogP contribution in [-0.2, 0) is 6.54 Å². The zero-order valence-electron chi connectivity index (χ0n) is 12.2. The Bertz CT molecular complexity index is 494. The van der Waals surface area contributed by atoms with Gasteiger partial charge in [0.15, 0.2) is 0 Å². The van der Waals surface area contributed by atoms with Gasteiger partial charge in [-0.05, 0) is 31.7 Å². The van der Waals surface area contributed by atoms with E-state index in [1.807, 2.05) is 13.8 Å². The predicted molar refractivity (Wildman–Crippen MR) is 82.5 cm³/mol. The van der Waals surface area contributed by atoms with Gasteiger partial charge in [-0.1, -0.05) is 25.4 Å². The van der Waals surface area contributed by atoms with Gasteiger partial charge in [-0.3, -0.25) is 4.79 Å². The molecule has 0 amide bonds. The molecule has 6 heteroatoms. The highest BCUT2D eigenvalue weighted by molar-refractivity contribution is 6.32. The molecule has 2 N–H and O–H groups in total. The normalized spacial score (nSPS) is 18.7. The first kappa shape index (κ1) is 15.3. The fraction of sp³-hybridized carbons (Fsp3) is 0.714. The minimum absolute atomic E-state index is 0.218. The maximum Gasteiger partial charge on any atom is 0.287 e. The Balaban J connectivity index is 1.94. The molecule has 1 aromatic rings. The number of hydrogen-bond acceptors (Lipinski definition) is 4. The molecule has 0 aliphatic carbocycles.